The summed E-state index contributed by atoms with van der Waals surface area (Å²) in [5.74, 6) is 0.789. The van der Waals surface area contributed by atoms with E-state index in [1.807, 2.05) is 18.3 Å². The summed E-state index contributed by atoms with van der Waals surface area (Å²) in [6, 6.07) is 10.2. The number of aromatic nitrogens is 3. The Morgan fingerprint density at radius 2 is 2.00 bits per heavy atom. The molecule has 1 unspecified atom stereocenters. The highest BCUT2D eigenvalue weighted by Crippen LogP contribution is 2.43. The van der Waals surface area contributed by atoms with Crippen LogP contribution in [-0.4, -0.2) is 22.1 Å². The molecule has 1 aliphatic rings. The maximum absolute atomic E-state index is 5.68. The molecule has 23 heavy (non-hydrogen) atoms. The molecule has 0 radical (unpaired) electrons. The third kappa shape index (κ3) is 2.67. The van der Waals surface area contributed by atoms with Gasteiger partial charge in [0.2, 0.25) is 0 Å². The average molecular weight is 322 g/mol. The van der Waals surface area contributed by atoms with Gasteiger partial charge in [0.25, 0.3) is 0 Å². The highest BCUT2D eigenvalue weighted by Gasteiger charge is 2.20. The van der Waals surface area contributed by atoms with Crippen molar-refractivity contribution in [2.75, 3.05) is 12.4 Å². The zero-order valence-electron chi connectivity index (χ0n) is 12.4. The predicted octanol–water partition coefficient (Wildman–Crippen LogP) is 3.82. The number of pyridine rings is 1. The van der Waals surface area contributed by atoms with Gasteiger partial charge < -0.3 is 10.1 Å². The first kappa shape index (κ1) is 14.2. The molecule has 1 aliphatic heterocycles. The molecular weight excluding hydrogens is 308 g/mol. The van der Waals surface area contributed by atoms with Gasteiger partial charge in [0, 0.05) is 42.4 Å². The fraction of sp³-hybridized carbons (Fsp3) is 0.118. The van der Waals surface area contributed by atoms with E-state index in [0.29, 0.717) is 0 Å². The Kier molecular flexibility index (Phi) is 3.69. The minimum Gasteiger partial charge on any atom is -0.372 e. The first-order valence-electron chi connectivity index (χ1n) is 7.17. The highest BCUT2D eigenvalue weighted by atomic mass is 32.2. The number of benzene rings is 1. The van der Waals surface area contributed by atoms with Gasteiger partial charge in [-0.1, -0.05) is 23.9 Å². The van der Waals surface area contributed by atoms with E-state index in [1.165, 1.54) is 0 Å². The molecule has 1 aromatic carbocycles. The van der Waals surface area contributed by atoms with Gasteiger partial charge in [-0.25, -0.2) is 9.97 Å². The van der Waals surface area contributed by atoms with Crippen LogP contribution in [0.3, 0.4) is 0 Å². The van der Waals surface area contributed by atoms with Crippen molar-refractivity contribution in [3.8, 4) is 0 Å². The molecule has 0 spiro atoms. The Balaban J connectivity index is 1.71. The monoisotopic (exact) mass is 322 g/mol. The van der Waals surface area contributed by atoms with E-state index in [9.17, 15) is 0 Å². The summed E-state index contributed by atoms with van der Waals surface area (Å²) in [7, 11) is 1.71. The molecule has 0 saturated heterocycles. The Hall–Kier alpha value is -2.44. The van der Waals surface area contributed by atoms with Crippen LogP contribution in [0.2, 0.25) is 0 Å². The molecule has 0 amide bonds. The zero-order valence-corrected chi connectivity index (χ0v) is 13.2. The van der Waals surface area contributed by atoms with Gasteiger partial charge in [0.05, 0.1) is 5.69 Å². The number of rotatable bonds is 3. The van der Waals surface area contributed by atoms with Crippen molar-refractivity contribution in [2.45, 2.75) is 16.0 Å². The number of anilines is 2. The lowest BCUT2D eigenvalue weighted by Gasteiger charge is -2.22. The Labute approximate surface area is 138 Å². The maximum Gasteiger partial charge on any atom is 0.163 e. The van der Waals surface area contributed by atoms with Crippen molar-refractivity contribution in [1.82, 2.24) is 15.0 Å². The molecule has 3 aromatic rings. The molecule has 1 N–H and O–H groups in total. The SMILES string of the molecule is COC(c1cccnc1)c1ccc2c(c1)Nc1nccnc1S2. The number of methoxy groups -OCH3 is 1. The van der Waals surface area contributed by atoms with Crippen LogP contribution in [0.4, 0.5) is 11.5 Å². The number of nitrogens with one attached hydrogen (secondary N) is 1. The van der Waals surface area contributed by atoms with E-state index in [1.54, 1.807) is 37.5 Å². The smallest absolute Gasteiger partial charge is 0.163 e. The second kappa shape index (κ2) is 5.98. The number of hydrogen-bond acceptors (Lipinski definition) is 6. The van der Waals surface area contributed by atoms with Gasteiger partial charge in [-0.2, -0.15) is 0 Å². The summed E-state index contributed by atoms with van der Waals surface area (Å²) in [4.78, 5) is 14.0. The number of hydrogen-bond donors (Lipinski definition) is 1. The van der Waals surface area contributed by atoms with Crippen LogP contribution < -0.4 is 5.32 Å². The molecule has 1 atom stereocenters. The number of nitrogens with zero attached hydrogens (tertiary/aromatic N) is 3. The van der Waals surface area contributed by atoms with Crippen LogP contribution >= 0.6 is 11.8 Å². The van der Waals surface area contributed by atoms with Crippen molar-refractivity contribution in [1.29, 1.82) is 0 Å². The minimum atomic E-state index is -0.149. The van der Waals surface area contributed by atoms with Crippen LogP contribution in [0.5, 0.6) is 0 Å². The molecule has 0 saturated carbocycles. The van der Waals surface area contributed by atoms with E-state index < -0.39 is 0 Å². The van der Waals surface area contributed by atoms with Crippen molar-refractivity contribution in [3.63, 3.8) is 0 Å². The molecule has 0 aliphatic carbocycles. The summed E-state index contributed by atoms with van der Waals surface area (Å²) in [6.45, 7) is 0. The molecule has 3 heterocycles. The van der Waals surface area contributed by atoms with Crippen LogP contribution in [0, 0.1) is 0 Å². The summed E-state index contributed by atoms with van der Waals surface area (Å²) >= 11 is 1.62. The molecule has 2 aromatic heterocycles. The van der Waals surface area contributed by atoms with Crippen LogP contribution in [0.25, 0.3) is 0 Å². The van der Waals surface area contributed by atoms with Crippen LogP contribution in [0.15, 0.2) is 65.0 Å². The van der Waals surface area contributed by atoms with Gasteiger partial charge in [-0.05, 0) is 23.8 Å². The van der Waals surface area contributed by atoms with Gasteiger partial charge in [-0.15, -0.1) is 0 Å². The Morgan fingerprint density at radius 1 is 1.09 bits per heavy atom. The van der Waals surface area contributed by atoms with E-state index in [0.717, 1.165) is 32.6 Å². The topological polar surface area (TPSA) is 59.9 Å². The zero-order chi connectivity index (χ0) is 15.6. The van der Waals surface area contributed by atoms with Crippen molar-refractivity contribution < 1.29 is 4.74 Å². The van der Waals surface area contributed by atoms with Gasteiger partial charge in [0.1, 0.15) is 11.1 Å². The minimum absolute atomic E-state index is 0.149. The summed E-state index contributed by atoms with van der Waals surface area (Å²) in [5.41, 5.74) is 3.12. The molecule has 114 valence electrons. The fourth-order valence-corrected chi connectivity index (χ4v) is 3.49. The normalized spacial score (nSPS) is 13.6. The summed E-state index contributed by atoms with van der Waals surface area (Å²) in [6.07, 6.45) is 6.84. The Bertz CT molecular complexity index is 841. The molecular formula is C17H14N4OS. The third-order valence-electron chi connectivity index (χ3n) is 3.65. The van der Waals surface area contributed by atoms with Gasteiger partial charge >= 0.3 is 0 Å². The number of fused-ring (bicyclic) bond motifs is 2. The van der Waals surface area contributed by atoms with Crippen LogP contribution in [0.1, 0.15) is 17.2 Å². The van der Waals surface area contributed by atoms with Gasteiger partial charge in [-0.3, -0.25) is 4.98 Å². The molecule has 5 nitrogen and oxygen atoms in total. The first-order chi connectivity index (χ1) is 11.3. The Morgan fingerprint density at radius 3 is 2.83 bits per heavy atom. The molecule has 6 heteroatoms. The largest absolute Gasteiger partial charge is 0.372 e. The van der Waals surface area contributed by atoms with Crippen molar-refractivity contribution in [3.05, 3.63) is 66.2 Å². The quantitative estimate of drug-likeness (QED) is 0.619. The van der Waals surface area contributed by atoms with Crippen molar-refractivity contribution >= 4 is 23.3 Å². The summed E-state index contributed by atoms with van der Waals surface area (Å²) in [5, 5.41) is 4.24. The second-order valence-corrected chi connectivity index (χ2v) is 6.13. The van der Waals surface area contributed by atoms with E-state index >= 15 is 0 Å². The van der Waals surface area contributed by atoms with E-state index in [-0.39, 0.29) is 6.10 Å². The third-order valence-corrected chi connectivity index (χ3v) is 4.72. The van der Waals surface area contributed by atoms with E-state index in [4.69, 9.17) is 4.74 Å². The fourth-order valence-electron chi connectivity index (χ4n) is 2.61. The standard InChI is InChI=1S/C17H14N4OS/c1-22-15(12-3-2-6-18-10-12)11-4-5-14-13(9-11)21-16-17(23-14)20-8-7-19-16/h2-10,15H,1H3,(H,19,21). The van der Waals surface area contributed by atoms with Crippen LogP contribution in [-0.2, 0) is 4.74 Å². The lowest BCUT2D eigenvalue weighted by molar-refractivity contribution is 0.136. The maximum atomic E-state index is 5.68. The lowest BCUT2D eigenvalue weighted by atomic mass is 10.0. The molecule has 0 fully saturated rings. The predicted molar refractivity (Wildman–Crippen MR) is 89.0 cm³/mol. The molecule has 0 bridgehead atoms. The lowest BCUT2D eigenvalue weighted by Crippen LogP contribution is -2.07. The molecule has 4 rings (SSSR count). The summed E-state index contributed by atoms with van der Waals surface area (Å²) < 4.78 is 5.68. The van der Waals surface area contributed by atoms with Crippen molar-refractivity contribution in [2.24, 2.45) is 0 Å². The average Bonchev–Trinajstić information content (AvgIpc) is 2.61. The van der Waals surface area contributed by atoms with Gasteiger partial charge in [0.15, 0.2) is 5.82 Å². The highest BCUT2D eigenvalue weighted by molar-refractivity contribution is 7.99. The second-order valence-electron chi connectivity index (χ2n) is 5.09. The van der Waals surface area contributed by atoms with E-state index in [2.05, 4.69) is 38.5 Å². The first-order valence-corrected chi connectivity index (χ1v) is 7.99. The number of ether oxygens (including phenoxy) is 1.